The molecule has 0 amide bonds. The Labute approximate surface area is 98.6 Å². The van der Waals surface area contributed by atoms with E-state index in [0.29, 0.717) is 0 Å². The Morgan fingerprint density at radius 1 is 1.31 bits per heavy atom. The van der Waals surface area contributed by atoms with Gasteiger partial charge in [0.05, 0.1) is 11.9 Å². The summed E-state index contributed by atoms with van der Waals surface area (Å²) in [7, 11) is 1.86. The number of rotatable bonds is 4. The van der Waals surface area contributed by atoms with Crippen molar-refractivity contribution in [3.63, 3.8) is 0 Å². The van der Waals surface area contributed by atoms with E-state index in [0.717, 1.165) is 22.3 Å². The van der Waals surface area contributed by atoms with E-state index in [-0.39, 0.29) is 0 Å². The first-order chi connectivity index (χ1) is 7.88. The topological polar surface area (TPSA) is 50.7 Å². The second kappa shape index (κ2) is 5.46. The van der Waals surface area contributed by atoms with Crippen LogP contribution in [0.1, 0.15) is 5.69 Å². The molecule has 0 saturated carbocycles. The molecule has 1 N–H and O–H groups in total. The average Bonchev–Trinajstić information content (AvgIpc) is 2.38. The number of anilines is 1. The molecule has 0 saturated heterocycles. The average molecular weight is 232 g/mol. The first-order valence-electron chi connectivity index (χ1n) is 4.91. The van der Waals surface area contributed by atoms with Crippen molar-refractivity contribution in [2.45, 2.75) is 10.8 Å². The van der Waals surface area contributed by atoms with Gasteiger partial charge in [-0.2, -0.15) is 0 Å². The van der Waals surface area contributed by atoms with Crippen LogP contribution < -0.4 is 5.32 Å². The maximum atomic E-state index is 4.43. The Hall–Kier alpha value is -1.62. The van der Waals surface area contributed by atoms with Crippen LogP contribution in [0, 0.1) is 0 Å². The van der Waals surface area contributed by atoms with E-state index in [1.54, 1.807) is 30.4 Å². The van der Waals surface area contributed by atoms with E-state index in [4.69, 9.17) is 0 Å². The summed E-state index contributed by atoms with van der Waals surface area (Å²) < 4.78 is 0. The lowest BCUT2D eigenvalue weighted by atomic mass is 10.4. The van der Waals surface area contributed by atoms with Gasteiger partial charge in [-0.1, -0.05) is 17.8 Å². The maximum Gasteiger partial charge on any atom is 0.125 e. The Bertz CT molecular complexity index is 447. The number of aromatic nitrogens is 3. The zero-order valence-electron chi connectivity index (χ0n) is 8.92. The van der Waals surface area contributed by atoms with Crippen LogP contribution >= 0.6 is 11.8 Å². The predicted molar refractivity (Wildman–Crippen MR) is 65.4 cm³/mol. The van der Waals surface area contributed by atoms with Crippen LogP contribution in [-0.2, 0) is 5.75 Å². The lowest BCUT2D eigenvalue weighted by Crippen LogP contribution is -1.95. The third-order valence-corrected chi connectivity index (χ3v) is 2.92. The summed E-state index contributed by atoms with van der Waals surface area (Å²) >= 11 is 1.63. The van der Waals surface area contributed by atoms with Crippen LogP contribution in [-0.4, -0.2) is 22.0 Å². The monoisotopic (exact) mass is 232 g/mol. The van der Waals surface area contributed by atoms with Crippen LogP contribution in [0.5, 0.6) is 0 Å². The Morgan fingerprint density at radius 2 is 2.25 bits per heavy atom. The van der Waals surface area contributed by atoms with Gasteiger partial charge in [0.15, 0.2) is 0 Å². The largest absolute Gasteiger partial charge is 0.373 e. The van der Waals surface area contributed by atoms with Crippen molar-refractivity contribution in [1.29, 1.82) is 0 Å². The second-order valence-corrected chi connectivity index (χ2v) is 4.09. The highest BCUT2D eigenvalue weighted by Gasteiger charge is 1.99. The van der Waals surface area contributed by atoms with Crippen LogP contribution in [0.25, 0.3) is 0 Å². The van der Waals surface area contributed by atoms with E-state index >= 15 is 0 Å². The van der Waals surface area contributed by atoms with Crippen LogP contribution in [0.3, 0.4) is 0 Å². The van der Waals surface area contributed by atoms with Crippen LogP contribution in [0.2, 0.25) is 0 Å². The summed E-state index contributed by atoms with van der Waals surface area (Å²) in [6, 6.07) is 5.94. The molecule has 0 unspecified atom stereocenters. The molecule has 2 rings (SSSR count). The fourth-order valence-electron chi connectivity index (χ4n) is 1.21. The number of thioether (sulfide) groups is 1. The van der Waals surface area contributed by atoms with Gasteiger partial charge >= 0.3 is 0 Å². The molecule has 0 bridgehead atoms. The van der Waals surface area contributed by atoms with Crippen molar-refractivity contribution < 1.29 is 0 Å². The lowest BCUT2D eigenvalue weighted by molar-refractivity contribution is 1.05. The minimum absolute atomic E-state index is 0.800. The molecular weight excluding hydrogens is 220 g/mol. The number of nitrogens with zero attached hydrogens (tertiary/aromatic N) is 3. The van der Waals surface area contributed by atoms with E-state index in [1.165, 1.54) is 0 Å². The van der Waals surface area contributed by atoms with E-state index < -0.39 is 0 Å². The van der Waals surface area contributed by atoms with Crippen molar-refractivity contribution in [2.75, 3.05) is 12.4 Å². The highest BCUT2D eigenvalue weighted by molar-refractivity contribution is 7.98. The Kier molecular flexibility index (Phi) is 3.71. The molecule has 16 heavy (non-hydrogen) atoms. The molecule has 0 aliphatic carbocycles. The number of hydrogen-bond donors (Lipinski definition) is 1. The molecular formula is C11H12N4S. The second-order valence-electron chi connectivity index (χ2n) is 3.10. The predicted octanol–water partition coefficient (Wildman–Crippen LogP) is 2.21. The van der Waals surface area contributed by atoms with Gasteiger partial charge in [-0.15, -0.1) is 0 Å². The van der Waals surface area contributed by atoms with Crippen molar-refractivity contribution >= 4 is 17.6 Å². The van der Waals surface area contributed by atoms with Crippen molar-refractivity contribution in [1.82, 2.24) is 15.0 Å². The summed E-state index contributed by atoms with van der Waals surface area (Å²) in [5, 5.41) is 3.93. The quantitative estimate of drug-likeness (QED) is 0.819. The van der Waals surface area contributed by atoms with Gasteiger partial charge in [0.1, 0.15) is 10.8 Å². The summed E-state index contributed by atoms with van der Waals surface area (Å²) in [6.07, 6.45) is 5.12. The first-order valence-corrected chi connectivity index (χ1v) is 5.89. The molecule has 0 aromatic carbocycles. The molecule has 4 nitrogen and oxygen atoms in total. The van der Waals surface area contributed by atoms with Gasteiger partial charge in [-0.25, -0.2) is 9.97 Å². The fourth-order valence-corrected chi connectivity index (χ4v) is 1.93. The summed E-state index contributed by atoms with van der Waals surface area (Å²) in [5.41, 5.74) is 1.03. The van der Waals surface area contributed by atoms with E-state index in [9.17, 15) is 0 Å². The van der Waals surface area contributed by atoms with Crippen molar-refractivity contribution in [2.24, 2.45) is 0 Å². The summed E-state index contributed by atoms with van der Waals surface area (Å²) in [4.78, 5) is 12.6. The number of hydrogen-bond acceptors (Lipinski definition) is 5. The van der Waals surface area contributed by atoms with Crippen molar-refractivity contribution in [3.05, 3.63) is 42.5 Å². The highest BCUT2D eigenvalue weighted by Crippen LogP contribution is 2.18. The molecule has 5 heteroatoms. The number of pyridine rings is 1. The fraction of sp³-hybridized carbons (Fsp3) is 0.182. The SMILES string of the molecule is CNc1cccc(CSc2cnccn2)n1. The highest BCUT2D eigenvalue weighted by atomic mass is 32.2. The Morgan fingerprint density at radius 3 is 3.00 bits per heavy atom. The van der Waals surface area contributed by atoms with Gasteiger partial charge in [-0.05, 0) is 12.1 Å². The molecule has 0 spiro atoms. The van der Waals surface area contributed by atoms with Crippen LogP contribution in [0.15, 0.2) is 41.8 Å². The molecule has 0 radical (unpaired) electrons. The molecule has 82 valence electrons. The summed E-state index contributed by atoms with van der Waals surface area (Å²) in [6.45, 7) is 0. The molecule has 0 aliphatic heterocycles. The third kappa shape index (κ3) is 2.93. The molecule has 2 aromatic rings. The lowest BCUT2D eigenvalue weighted by Gasteiger charge is -2.03. The zero-order chi connectivity index (χ0) is 11.2. The number of nitrogens with one attached hydrogen (secondary N) is 1. The molecule has 0 aliphatic rings. The minimum atomic E-state index is 0.800. The maximum absolute atomic E-state index is 4.43. The van der Waals surface area contributed by atoms with Gasteiger partial charge in [0.25, 0.3) is 0 Å². The van der Waals surface area contributed by atoms with Crippen molar-refractivity contribution in [3.8, 4) is 0 Å². The standard InChI is InChI=1S/C11H12N4S/c1-12-10-4-2-3-9(15-10)8-16-11-7-13-5-6-14-11/h2-7H,8H2,1H3,(H,12,15). The van der Waals surface area contributed by atoms with E-state index in [1.807, 2.05) is 25.2 Å². The molecule has 2 aromatic heterocycles. The first kappa shape index (κ1) is 10.9. The minimum Gasteiger partial charge on any atom is -0.373 e. The smallest absolute Gasteiger partial charge is 0.125 e. The normalized spacial score (nSPS) is 10.1. The molecule has 0 fully saturated rings. The van der Waals surface area contributed by atoms with Gasteiger partial charge in [0.2, 0.25) is 0 Å². The van der Waals surface area contributed by atoms with Gasteiger partial charge < -0.3 is 5.32 Å². The third-order valence-electron chi connectivity index (χ3n) is 1.97. The van der Waals surface area contributed by atoms with Gasteiger partial charge in [0, 0.05) is 25.2 Å². The van der Waals surface area contributed by atoms with E-state index in [2.05, 4.69) is 20.3 Å². The summed E-state index contributed by atoms with van der Waals surface area (Å²) in [5.74, 6) is 1.69. The molecule has 0 atom stereocenters. The Balaban J connectivity index is 1.99. The zero-order valence-corrected chi connectivity index (χ0v) is 9.74. The van der Waals surface area contributed by atoms with Crippen LogP contribution in [0.4, 0.5) is 5.82 Å². The van der Waals surface area contributed by atoms with Gasteiger partial charge in [-0.3, -0.25) is 4.98 Å². The molecule has 2 heterocycles.